The van der Waals surface area contributed by atoms with Crippen molar-refractivity contribution in [2.24, 2.45) is 0 Å². The number of pyridine rings is 5. The minimum Gasteiger partial charge on any atom is -0.370 e. The number of hydrogen-bond donors (Lipinski definition) is 5. The molecule has 5 fully saturated rings. The number of rotatable bonds is 15. The minimum absolute atomic E-state index is 0.0955. The third kappa shape index (κ3) is 24.4. The molecular formula is C90H97F8N15O5. The van der Waals surface area contributed by atoms with E-state index in [0.717, 1.165) is 158 Å². The van der Waals surface area contributed by atoms with Crippen molar-refractivity contribution in [1.82, 2.24) is 24.9 Å². The van der Waals surface area contributed by atoms with Crippen LogP contribution in [0.2, 0.25) is 0 Å². The van der Waals surface area contributed by atoms with E-state index in [-0.39, 0.29) is 52.3 Å². The lowest BCUT2D eigenvalue weighted by Crippen LogP contribution is -2.38. The Morgan fingerprint density at radius 3 is 0.992 bits per heavy atom. The van der Waals surface area contributed by atoms with Crippen LogP contribution < -0.4 is 51.1 Å². The van der Waals surface area contributed by atoms with Crippen LogP contribution in [-0.4, -0.2) is 119 Å². The van der Waals surface area contributed by atoms with E-state index in [1.54, 1.807) is 85.7 Å². The summed E-state index contributed by atoms with van der Waals surface area (Å²) in [5.74, 6) is -2.24. The van der Waals surface area contributed by atoms with Crippen LogP contribution in [0.1, 0.15) is 179 Å². The average molecular weight is 1620 g/mol. The monoisotopic (exact) mass is 1620 g/mol. The maximum Gasteiger partial charge on any atom is 0.416 e. The number of anilines is 10. The summed E-state index contributed by atoms with van der Waals surface area (Å²) in [4.78, 5) is 92.2. The van der Waals surface area contributed by atoms with Crippen LogP contribution in [0.15, 0.2) is 214 Å². The number of aryl methyl sites for hydroxylation is 1. The number of nitrogens with one attached hydrogen (secondary N) is 5. The van der Waals surface area contributed by atoms with Crippen LogP contribution in [0.3, 0.4) is 0 Å². The zero-order valence-corrected chi connectivity index (χ0v) is 66.2. The Kier molecular flexibility index (Phi) is 30.8. The number of aromatic nitrogens is 5. The van der Waals surface area contributed by atoms with Gasteiger partial charge in [0.1, 0.15) is 11.6 Å². The molecule has 10 aromatic rings. The summed E-state index contributed by atoms with van der Waals surface area (Å²) < 4.78 is 107. The van der Waals surface area contributed by atoms with E-state index in [4.69, 9.17) is 0 Å². The van der Waals surface area contributed by atoms with Crippen LogP contribution in [0.4, 0.5) is 92.0 Å². The molecule has 20 nitrogen and oxygen atoms in total. The first-order chi connectivity index (χ1) is 56.9. The van der Waals surface area contributed by atoms with Gasteiger partial charge in [0.05, 0.1) is 68.0 Å². The largest absolute Gasteiger partial charge is 0.416 e. The Hall–Kier alpha value is -12.4. The van der Waals surface area contributed by atoms with Gasteiger partial charge in [-0.25, -0.2) is 8.78 Å². The first-order valence-corrected chi connectivity index (χ1v) is 39.9. The second-order valence-electron chi connectivity index (χ2n) is 29.4. The Labute approximate surface area is 681 Å². The molecule has 618 valence electrons. The van der Waals surface area contributed by atoms with E-state index in [2.05, 4.69) is 91.0 Å². The maximum absolute atomic E-state index is 13.7. The molecule has 15 rings (SSSR count). The van der Waals surface area contributed by atoms with Crippen molar-refractivity contribution >= 4 is 86.4 Å². The quantitative estimate of drug-likeness (QED) is 0.0602. The highest BCUT2D eigenvalue weighted by Crippen LogP contribution is 2.42. The molecule has 0 spiro atoms. The van der Waals surface area contributed by atoms with Crippen molar-refractivity contribution in [2.75, 3.05) is 103 Å². The van der Waals surface area contributed by atoms with Gasteiger partial charge in [-0.2, -0.15) is 26.3 Å². The number of alkyl halides is 6. The lowest BCUT2D eigenvalue weighted by atomic mass is 9.99. The summed E-state index contributed by atoms with van der Waals surface area (Å²) in [6.45, 7) is 12.9. The average Bonchev–Trinajstić information content (AvgIpc) is 0.784. The topological polar surface area (TPSA) is 226 Å². The maximum atomic E-state index is 13.7. The Morgan fingerprint density at radius 2 is 0.627 bits per heavy atom. The molecule has 5 aliphatic heterocycles. The molecule has 0 aliphatic carbocycles. The zero-order chi connectivity index (χ0) is 83.6. The Morgan fingerprint density at radius 1 is 0.322 bits per heavy atom. The predicted octanol–water partition coefficient (Wildman–Crippen LogP) is 20.0. The molecule has 5 aromatic heterocycles. The highest BCUT2D eigenvalue weighted by atomic mass is 19.4. The molecule has 118 heavy (non-hydrogen) atoms. The molecule has 5 amide bonds. The third-order valence-electron chi connectivity index (χ3n) is 21.1. The molecule has 2 atom stereocenters. The fourth-order valence-corrected chi connectivity index (χ4v) is 14.8. The van der Waals surface area contributed by atoms with Crippen LogP contribution in [0.5, 0.6) is 0 Å². The van der Waals surface area contributed by atoms with Crippen molar-refractivity contribution in [3.63, 3.8) is 0 Å². The summed E-state index contributed by atoms with van der Waals surface area (Å²) in [5, 5.41) is 14.0. The van der Waals surface area contributed by atoms with E-state index in [0.29, 0.717) is 56.6 Å². The molecular weight excluding hydrogens is 1520 g/mol. The number of para-hydroxylation sites is 2. The smallest absolute Gasteiger partial charge is 0.370 e. The molecule has 28 heteroatoms. The van der Waals surface area contributed by atoms with Gasteiger partial charge in [0.25, 0.3) is 29.5 Å². The second kappa shape index (κ2) is 42.0. The molecule has 0 bridgehead atoms. The van der Waals surface area contributed by atoms with Crippen LogP contribution in [-0.2, 0) is 12.4 Å². The molecule has 5 N–H and O–H groups in total. The lowest BCUT2D eigenvalue weighted by Gasteiger charge is -2.37. The number of piperidine rings is 5. The number of nitrogens with zero attached hydrogens (tertiary/aromatic N) is 10. The summed E-state index contributed by atoms with van der Waals surface area (Å²) in [7, 11) is 0. The zero-order valence-electron chi connectivity index (χ0n) is 66.2. The normalized spacial score (nSPS) is 16.1. The van der Waals surface area contributed by atoms with Gasteiger partial charge >= 0.3 is 12.4 Å². The standard InChI is InChI=1S/C20H22F3N3O.C18H18F3N3O.C18H20FN3O.C17H18FN3O.C17H19N3O/c1-13-11-18(26-10-4-3-5-14(26)2)17(12-16(13)20(21,22)23)25-19(27)15-6-8-24-9-7-15;19-18(20,21)14-4-5-16(24-10-2-1-3-11-24)15(12-14)23-17(25)13-6-8-22-9-7-13;1-13-4-2-3-11-22(13)17-6-5-15(19)12-16(17)21-18(23)14-7-9-20-10-8-14;18-14-4-5-16(21-10-2-1-3-11-21)15(12-14)20-17(22)13-6-8-19-9-7-13;21-17(14-8-10-18-11-9-14)19-15-6-2-3-7-16(15)20-12-4-1-5-13-20/h6-9,11-12,14H,3-5,10H2,1-2H3,(H,25,27);4-9,12H,1-3,10-11H2,(H,23,25);5-10,12-13H,2-4,11H2,1H3,(H,21,23);4-9,12H,1-3,10-11H2,(H,20,22);2-3,6-11H,1,4-5,12-13H2,(H,19,21). The molecule has 0 saturated carbocycles. The number of carbonyl (C=O) groups excluding carboxylic acids is 5. The van der Waals surface area contributed by atoms with E-state index >= 15 is 0 Å². The van der Waals surface area contributed by atoms with Gasteiger partial charge in [-0.15, -0.1) is 0 Å². The summed E-state index contributed by atoms with van der Waals surface area (Å²) in [6, 6.07) is 39.9. The van der Waals surface area contributed by atoms with Crippen molar-refractivity contribution in [2.45, 2.75) is 142 Å². The Balaban J connectivity index is 0.000000145. The SMILES string of the molecule is CC1CCCCN1c1ccc(F)cc1NC(=O)c1ccncc1.Cc1cc(N2CCCCC2C)c(NC(=O)c2ccncc2)cc1C(F)(F)F.O=C(Nc1cc(C(F)(F)F)ccc1N1CCCCC1)c1ccncc1.O=C(Nc1cc(F)ccc1N1CCCCC1)c1ccncc1.O=C(Nc1ccccc1N1CCCCC1)c1ccncc1. The fraction of sp³-hybridized carbons (Fsp3) is 0.333. The number of carbonyl (C=O) groups is 5. The van der Waals surface area contributed by atoms with Crippen molar-refractivity contribution in [3.05, 3.63) is 270 Å². The lowest BCUT2D eigenvalue weighted by molar-refractivity contribution is -0.138. The number of amides is 5. The third-order valence-corrected chi connectivity index (χ3v) is 21.1. The van der Waals surface area contributed by atoms with Crippen LogP contribution in [0.25, 0.3) is 0 Å². The Bertz CT molecular complexity index is 4950. The predicted molar refractivity (Wildman–Crippen MR) is 447 cm³/mol. The molecule has 10 heterocycles. The van der Waals surface area contributed by atoms with Gasteiger partial charge in [0, 0.05) is 154 Å². The first-order valence-electron chi connectivity index (χ1n) is 39.9. The van der Waals surface area contributed by atoms with E-state index in [9.17, 15) is 59.1 Å². The second-order valence-corrected chi connectivity index (χ2v) is 29.4. The number of halogens is 8. The minimum atomic E-state index is -4.48. The van der Waals surface area contributed by atoms with Gasteiger partial charge in [0.2, 0.25) is 0 Å². The van der Waals surface area contributed by atoms with Gasteiger partial charge in [-0.1, -0.05) is 12.1 Å². The van der Waals surface area contributed by atoms with E-state index < -0.39 is 35.3 Å². The highest BCUT2D eigenvalue weighted by Gasteiger charge is 2.36. The van der Waals surface area contributed by atoms with Gasteiger partial charge in [-0.05, 0) is 262 Å². The van der Waals surface area contributed by atoms with E-state index in [1.165, 1.54) is 124 Å². The molecule has 5 aromatic carbocycles. The van der Waals surface area contributed by atoms with Crippen LogP contribution >= 0.6 is 0 Å². The van der Waals surface area contributed by atoms with Crippen molar-refractivity contribution in [1.29, 1.82) is 0 Å². The molecule has 5 aliphatic rings. The van der Waals surface area contributed by atoms with Gasteiger partial charge in [0.15, 0.2) is 0 Å². The summed E-state index contributed by atoms with van der Waals surface area (Å²) >= 11 is 0. The highest BCUT2D eigenvalue weighted by molar-refractivity contribution is 6.09. The van der Waals surface area contributed by atoms with Crippen molar-refractivity contribution < 1.29 is 59.1 Å². The molecule has 5 saturated heterocycles. The van der Waals surface area contributed by atoms with Gasteiger partial charge in [-0.3, -0.25) is 48.9 Å². The summed E-state index contributed by atoms with van der Waals surface area (Å²) in [6.07, 6.45) is 23.2. The summed E-state index contributed by atoms with van der Waals surface area (Å²) in [5.41, 5.74) is 7.34. The van der Waals surface area contributed by atoms with Gasteiger partial charge < -0.3 is 51.1 Å². The van der Waals surface area contributed by atoms with E-state index in [1.807, 2.05) is 23.1 Å². The number of benzene rings is 5. The first kappa shape index (κ1) is 86.5. The number of hydrogen-bond acceptors (Lipinski definition) is 15. The molecule has 2 unspecified atom stereocenters. The van der Waals surface area contributed by atoms with Crippen LogP contribution in [0, 0.1) is 18.6 Å². The fourth-order valence-electron chi connectivity index (χ4n) is 14.8. The van der Waals surface area contributed by atoms with Crippen molar-refractivity contribution in [3.8, 4) is 0 Å². The molecule has 0 radical (unpaired) electrons.